The molecule has 94 valence electrons. The van der Waals surface area contributed by atoms with Crippen molar-refractivity contribution in [2.75, 3.05) is 18.0 Å². The van der Waals surface area contributed by atoms with Crippen LogP contribution in [-0.4, -0.2) is 29.2 Å². The highest BCUT2D eigenvalue weighted by atomic mass is 19.4. The highest BCUT2D eigenvalue weighted by Gasteiger charge is 2.41. The largest absolute Gasteiger partial charge is 0.391 e. The first-order valence-electron chi connectivity index (χ1n) is 5.57. The average Bonchev–Trinajstić information content (AvgIpc) is 2.28. The molecule has 1 aliphatic heterocycles. The van der Waals surface area contributed by atoms with E-state index in [0.717, 1.165) is 5.69 Å². The van der Waals surface area contributed by atoms with Gasteiger partial charge in [-0.1, -0.05) is 0 Å². The molecule has 1 aromatic heterocycles. The van der Waals surface area contributed by atoms with Crippen molar-refractivity contribution in [1.82, 2.24) is 9.97 Å². The molecular formula is C11H14F3N3. The van der Waals surface area contributed by atoms with Gasteiger partial charge in [0.2, 0.25) is 0 Å². The third kappa shape index (κ3) is 2.87. The van der Waals surface area contributed by atoms with Crippen molar-refractivity contribution in [3.8, 4) is 0 Å². The number of aromatic nitrogens is 2. The van der Waals surface area contributed by atoms with E-state index in [9.17, 15) is 13.2 Å². The van der Waals surface area contributed by atoms with E-state index in [2.05, 4.69) is 9.97 Å². The van der Waals surface area contributed by atoms with Crippen LogP contribution in [0.4, 0.5) is 19.0 Å². The SMILES string of the molecule is Cc1cncc(N2CCC(C(F)(F)F)CC2)n1. The first-order chi connectivity index (χ1) is 7.97. The highest BCUT2D eigenvalue weighted by Crippen LogP contribution is 2.34. The van der Waals surface area contributed by atoms with E-state index in [4.69, 9.17) is 0 Å². The van der Waals surface area contributed by atoms with Crippen LogP contribution in [0.15, 0.2) is 12.4 Å². The maximum atomic E-state index is 12.5. The van der Waals surface area contributed by atoms with Crippen molar-refractivity contribution in [3.63, 3.8) is 0 Å². The summed E-state index contributed by atoms with van der Waals surface area (Å²) in [7, 11) is 0. The number of alkyl halides is 3. The Labute approximate surface area is 97.7 Å². The van der Waals surface area contributed by atoms with E-state index >= 15 is 0 Å². The van der Waals surface area contributed by atoms with Crippen LogP contribution in [-0.2, 0) is 0 Å². The van der Waals surface area contributed by atoms with Crippen molar-refractivity contribution in [1.29, 1.82) is 0 Å². The Kier molecular flexibility index (Phi) is 3.22. The van der Waals surface area contributed by atoms with Crippen molar-refractivity contribution in [2.24, 2.45) is 5.92 Å². The third-order valence-electron chi connectivity index (χ3n) is 3.02. The Balaban J connectivity index is 2.00. The molecule has 1 aliphatic rings. The lowest BCUT2D eigenvalue weighted by Gasteiger charge is -2.33. The maximum absolute atomic E-state index is 12.5. The smallest absolute Gasteiger partial charge is 0.355 e. The lowest BCUT2D eigenvalue weighted by atomic mass is 9.96. The zero-order chi connectivity index (χ0) is 12.5. The number of halogens is 3. The van der Waals surface area contributed by atoms with E-state index in [1.807, 2.05) is 11.8 Å². The van der Waals surface area contributed by atoms with Gasteiger partial charge in [-0.2, -0.15) is 13.2 Å². The summed E-state index contributed by atoms with van der Waals surface area (Å²) in [5.74, 6) is -0.498. The molecule has 2 heterocycles. The summed E-state index contributed by atoms with van der Waals surface area (Å²) in [6, 6.07) is 0. The second-order valence-electron chi connectivity index (χ2n) is 4.32. The quantitative estimate of drug-likeness (QED) is 0.761. The molecule has 0 bridgehead atoms. The number of hydrogen-bond donors (Lipinski definition) is 0. The van der Waals surface area contributed by atoms with Crippen LogP contribution in [0.25, 0.3) is 0 Å². The van der Waals surface area contributed by atoms with Gasteiger partial charge < -0.3 is 4.90 Å². The van der Waals surface area contributed by atoms with Gasteiger partial charge in [-0.25, -0.2) is 4.98 Å². The summed E-state index contributed by atoms with van der Waals surface area (Å²) < 4.78 is 37.5. The molecule has 3 nitrogen and oxygen atoms in total. The van der Waals surface area contributed by atoms with Crippen LogP contribution in [0.1, 0.15) is 18.5 Å². The molecule has 0 spiro atoms. The average molecular weight is 245 g/mol. The number of anilines is 1. The minimum Gasteiger partial charge on any atom is -0.355 e. The van der Waals surface area contributed by atoms with Gasteiger partial charge in [0.25, 0.3) is 0 Å². The molecule has 6 heteroatoms. The van der Waals surface area contributed by atoms with Crippen LogP contribution in [0, 0.1) is 12.8 Å². The van der Waals surface area contributed by atoms with Gasteiger partial charge in [0.1, 0.15) is 5.82 Å². The Hall–Kier alpha value is -1.33. The van der Waals surface area contributed by atoms with E-state index in [1.165, 1.54) is 0 Å². The second kappa shape index (κ2) is 4.50. The Bertz CT molecular complexity index is 384. The number of nitrogens with zero attached hydrogens (tertiary/aromatic N) is 3. The number of aryl methyl sites for hydroxylation is 1. The van der Waals surface area contributed by atoms with Gasteiger partial charge in [0.15, 0.2) is 0 Å². The molecule has 1 fully saturated rings. The van der Waals surface area contributed by atoms with Crippen molar-refractivity contribution >= 4 is 5.82 Å². The molecule has 0 amide bonds. The highest BCUT2D eigenvalue weighted by molar-refractivity contribution is 5.36. The normalized spacial score (nSPS) is 18.5. The predicted molar refractivity (Wildman–Crippen MR) is 57.8 cm³/mol. The van der Waals surface area contributed by atoms with Gasteiger partial charge in [-0.15, -0.1) is 0 Å². The molecular weight excluding hydrogens is 231 g/mol. The van der Waals surface area contributed by atoms with E-state index in [0.29, 0.717) is 18.9 Å². The first kappa shape index (κ1) is 12.1. The summed E-state index contributed by atoms with van der Waals surface area (Å²) in [6.45, 7) is 2.60. The summed E-state index contributed by atoms with van der Waals surface area (Å²) >= 11 is 0. The number of hydrogen-bond acceptors (Lipinski definition) is 3. The summed E-state index contributed by atoms with van der Waals surface area (Å²) in [4.78, 5) is 10.1. The standard InChI is InChI=1S/C11H14F3N3/c1-8-6-15-7-10(16-8)17-4-2-9(3-5-17)11(12,13)14/h6-7,9H,2-5H2,1H3. The fourth-order valence-electron chi connectivity index (χ4n) is 2.04. The molecule has 2 rings (SSSR count). The van der Waals surface area contributed by atoms with Gasteiger partial charge in [0, 0.05) is 19.3 Å². The monoisotopic (exact) mass is 245 g/mol. The van der Waals surface area contributed by atoms with Crippen LogP contribution < -0.4 is 4.90 Å². The van der Waals surface area contributed by atoms with Gasteiger partial charge in [-0.3, -0.25) is 4.98 Å². The Morgan fingerprint density at radius 3 is 2.41 bits per heavy atom. The van der Waals surface area contributed by atoms with Crippen LogP contribution in [0.3, 0.4) is 0 Å². The molecule has 1 saturated heterocycles. The second-order valence-corrected chi connectivity index (χ2v) is 4.32. The Morgan fingerprint density at radius 2 is 1.88 bits per heavy atom. The molecule has 0 aliphatic carbocycles. The van der Waals surface area contributed by atoms with Crippen LogP contribution >= 0.6 is 0 Å². The zero-order valence-corrected chi connectivity index (χ0v) is 9.54. The van der Waals surface area contributed by atoms with Crippen LogP contribution in [0.2, 0.25) is 0 Å². The van der Waals surface area contributed by atoms with Crippen molar-refractivity contribution in [2.45, 2.75) is 25.9 Å². The molecule has 0 radical (unpaired) electrons. The minimum absolute atomic E-state index is 0.138. The number of piperidine rings is 1. The summed E-state index contributed by atoms with van der Waals surface area (Å²) in [5, 5.41) is 0. The zero-order valence-electron chi connectivity index (χ0n) is 9.54. The predicted octanol–water partition coefficient (Wildman–Crippen LogP) is 2.56. The van der Waals surface area contributed by atoms with Gasteiger partial charge >= 0.3 is 6.18 Å². The van der Waals surface area contributed by atoms with Crippen molar-refractivity contribution < 1.29 is 13.2 Å². The van der Waals surface area contributed by atoms with E-state index < -0.39 is 12.1 Å². The molecule has 0 saturated carbocycles. The van der Waals surface area contributed by atoms with E-state index in [1.54, 1.807) is 12.4 Å². The molecule has 0 atom stereocenters. The third-order valence-corrected chi connectivity index (χ3v) is 3.02. The fourth-order valence-corrected chi connectivity index (χ4v) is 2.04. The first-order valence-corrected chi connectivity index (χ1v) is 5.57. The molecule has 0 N–H and O–H groups in total. The lowest BCUT2D eigenvalue weighted by Crippen LogP contribution is -2.39. The minimum atomic E-state index is -4.07. The molecule has 1 aromatic rings. The molecule has 17 heavy (non-hydrogen) atoms. The molecule has 0 aromatic carbocycles. The maximum Gasteiger partial charge on any atom is 0.391 e. The Morgan fingerprint density at radius 1 is 1.24 bits per heavy atom. The fraction of sp³-hybridized carbons (Fsp3) is 0.636. The topological polar surface area (TPSA) is 29.0 Å². The van der Waals surface area contributed by atoms with Gasteiger partial charge in [0.05, 0.1) is 17.8 Å². The van der Waals surface area contributed by atoms with Gasteiger partial charge in [-0.05, 0) is 19.8 Å². The van der Waals surface area contributed by atoms with E-state index in [-0.39, 0.29) is 12.8 Å². The molecule has 0 unspecified atom stereocenters. The lowest BCUT2D eigenvalue weighted by molar-refractivity contribution is -0.179. The van der Waals surface area contributed by atoms with Crippen molar-refractivity contribution in [3.05, 3.63) is 18.1 Å². The summed E-state index contributed by atoms with van der Waals surface area (Å²) in [6.07, 6.45) is -0.560. The summed E-state index contributed by atoms with van der Waals surface area (Å²) in [5.41, 5.74) is 0.778. The van der Waals surface area contributed by atoms with Crippen LogP contribution in [0.5, 0.6) is 0 Å². The number of rotatable bonds is 1.